The highest BCUT2D eigenvalue weighted by Gasteiger charge is 2.12. The van der Waals surface area contributed by atoms with Crippen molar-refractivity contribution < 1.29 is 14.6 Å². The minimum atomic E-state index is 0.0668. The molecule has 1 unspecified atom stereocenters. The quantitative estimate of drug-likeness (QED) is 0.481. The predicted octanol–water partition coefficient (Wildman–Crippen LogP) is 3.42. The van der Waals surface area contributed by atoms with E-state index in [9.17, 15) is 0 Å². The van der Waals surface area contributed by atoms with Crippen molar-refractivity contribution >= 4 is 0 Å². The summed E-state index contributed by atoms with van der Waals surface area (Å²) in [6.45, 7) is 1.99. The van der Waals surface area contributed by atoms with Crippen LogP contribution in [0.2, 0.25) is 0 Å². The maximum absolute atomic E-state index is 8.62. The first-order chi connectivity index (χ1) is 8.93. The summed E-state index contributed by atoms with van der Waals surface area (Å²) < 4.78 is 11.2. The number of aliphatic hydroxyl groups excluding tert-OH is 1. The van der Waals surface area contributed by atoms with Gasteiger partial charge >= 0.3 is 0 Å². The van der Waals surface area contributed by atoms with Gasteiger partial charge in [-0.2, -0.15) is 0 Å². The molecule has 0 amide bonds. The molecular formula is C15H28O3. The van der Waals surface area contributed by atoms with Gasteiger partial charge in [0.25, 0.3) is 0 Å². The van der Waals surface area contributed by atoms with Gasteiger partial charge in [0.1, 0.15) is 0 Å². The van der Waals surface area contributed by atoms with Gasteiger partial charge in [0.05, 0.1) is 0 Å². The molecule has 0 saturated carbocycles. The van der Waals surface area contributed by atoms with Crippen LogP contribution >= 0.6 is 0 Å². The summed E-state index contributed by atoms with van der Waals surface area (Å²) in [7, 11) is 0. The van der Waals surface area contributed by atoms with Gasteiger partial charge in [-0.15, -0.1) is 0 Å². The highest BCUT2D eigenvalue weighted by molar-refractivity contribution is 4.81. The van der Waals surface area contributed by atoms with Crippen molar-refractivity contribution in [2.24, 2.45) is 0 Å². The van der Waals surface area contributed by atoms with E-state index in [-0.39, 0.29) is 6.29 Å². The Hall–Kier alpha value is -0.380. The van der Waals surface area contributed by atoms with Crippen LogP contribution in [-0.4, -0.2) is 31.2 Å². The summed E-state index contributed by atoms with van der Waals surface area (Å²) in [4.78, 5) is 0. The Balaban J connectivity index is 1.79. The van der Waals surface area contributed by atoms with E-state index in [4.69, 9.17) is 14.6 Å². The zero-order chi connectivity index (χ0) is 12.9. The largest absolute Gasteiger partial charge is 0.396 e. The van der Waals surface area contributed by atoms with Crippen molar-refractivity contribution in [1.82, 2.24) is 0 Å². The molecule has 1 rings (SSSR count). The van der Waals surface area contributed by atoms with Crippen LogP contribution < -0.4 is 0 Å². The second-order valence-electron chi connectivity index (χ2n) is 4.85. The van der Waals surface area contributed by atoms with E-state index >= 15 is 0 Å². The molecule has 1 saturated heterocycles. The fourth-order valence-electron chi connectivity index (χ4n) is 2.04. The number of hydrogen-bond acceptors (Lipinski definition) is 3. The van der Waals surface area contributed by atoms with Gasteiger partial charge < -0.3 is 14.6 Å². The lowest BCUT2D eigenvalue weighted by Crippen LogP contribution is -2.22. The zero-order valence-corrected chi connectivity index (χ0v) is 11.5. The van der Waals surface area contributed by atoms with Crippen LogP contribution in [0.25, 0.3) is 0 Å². The lowest BCUT2D eigenvalue weighted by atomic mass is 10.2. The molecule has 3 heteroatoms. The molecule has 0 aromatic carbocycles. The molecule has 18 heavy (non-hydrogen) atoms. The number of ether oxygens (including phenoxy) is 2. The summed E-state index contributed by atoms with van der Waals surface area (Å²) in [5.74, 6) is 0. The average molecular weight is 256 g/mol. The maximum atomic E-state index is 8.62. The van der Waals surface area contributed by atoms with Gasteiger partial charge in [0.2, 0.25) is 0 Å². The molecule has 0 aromatic heterocycles. The Bertz CT molecular complexity index is 198. The molecule has 1 fully saturated rings. The lowest BCUT2D eigenvalue weighted by molar-refractivity contribution is -0.162. The van der Waals surface area contributed by atoms with E-state index in [0.29, 0.717) is 6.61 Å². The minimum Gasteiger partial charge on any atom is -0.396 e. The van der Waals surface area contributed by atoms with Crippen LogP contribution in [-0.2, 0) is 9.47 Å². The number of rotatable bonds is 10. The number of hydrogen-bond donors (Lipinski definition) is 1. The first-order valence-corrected chi connectivity index (χ1v) is 7.42. The molecule has 1 atom stereocenters. The fraction of sp³-hybridized carbons (Fsp3) is 0.867. The number of unbranched alkanes of at least 4 members (excludes halogenated alkanes) is 4. The van der Waals surface area contributed by atoms with Crippen molar-refractivity contribution in [3.8, 4) is 0 Å². The molecule has 0 aliphatic carbocycles. The SMILES string of the molecule is OCCC/C=C\CCCCCOC1CCCCO1. The second-order valence-corrected chi connectivity index (χ2v) is 4.85. The smallest absolute Gasteiger partial charge is 0.157 e. The Morgan fingerprint density at radius 1 is 1.06 bits per heavy atom. The van der Waals surface area contributed by atoms with Crippen LogP contribution in [0.4, 0.5) is 0 Å². The molecule has 0 aromatic rings. The Labute approximate surface area is 111 Å². The summed E-state index contributed by atoms with van der Waals surface area (Å²) in [6.07, 6.45) is 14.5. The summed E-state index contributed by atoms with van der Waals surface area (Å²) in [6, 6.07) is 0. The first-order valence-electron chi connectivity index (χ1n) is 7.42. The van der Waals surface area contributed by atoms with E-state index in [2.05, 4.69) is 12.2 Å². The summed E-state index contributed by atoms with van der Waals surface area (Å²) in [5.41, 5.74) is 0. The fourth-order valence-corrected chi connectivity index (χ4v) is 2.04. The average Bonchev–Trinajstić information content (AvgIpc) is 2.42. The summed E-state index contributed by atoms with van der Waals surface area (Å²) >= 11 is 0. The van der Waals surface area contributed by atoms with Crippen molar-refractivity contribution in [1.29, 1.82) is 0 Å². The van der Waals surface area contributed by atoms with Crippen LogP contribution in [0.5, 0.6) is 0 Å². The molecule has 0 bridgehead atoms. The molecule has 3 nitrogen and oxygen atoms in total. The van der Waals surface area contributed by atoms with Gasteiger partial charge in [-0.1, -0.05) is 18.6 Å². The van der Waals surface area contributed by atoms with Crippen molar-refractivity contribution in [2.75, 3.05) is 19.8 Å². The Kier molecular flexibility index (Phi) is 10.2. The molecule has 1 heterocycles. The molecule has 1 aliphatic rings. The van der Waals surface area contributed by atoms with Crippen LogP contribution in [0.15, 0.2) is 12.2 Å². The molecule has 0 radical (unpaired) electrons. The van der Waals surface area contributed by atoms with E-state index in [0.717, 1.165) is 45.3 Å². The highest BCUT2D eigenvalue weighted by Crippen LogP contribution is 2.14. The molecule has 106 valence electrons. The summed E-state index contributed by atoms with van der Waals surface area (Å²) in [5, 5.41) is 8.62. The third kappa shape index (κ3) is 8.67. The number of aliphatic hydroxyl groups is 1. The topological polar surface area (TPSA) is 38.7 Å². The molecule has 1 N–H and O–H groups in total. The van der Waals surface area contributed by atoms with Gasteiger partial charge in [-0.3, -0.25) is 0 Å². The van der Waals surface area contributed by atoms with E-state index < -0.39 is 0 Å². The van der Waals surface area contributed by atoms with Crippen molar-refractivity contribution in [3.05, 3.63) is 12.2 Å². The molecule has 0 spiro atoms. The third-order valence-electron chi connectivity index (χ3n) is 3.15. The van der Waals surface area contributed by atoms with Crippen LogP contribution in [0.3, 0.4) is 0 Å². The van der Waals surface area contributed by atoms with Gasteiger partial charge in [0, 0.05) is 19.8 Å². The second kappa shape index (κ2) is 11.7. The van der Waals surface area contributed by atoms with Gasteiger partial charge in [-0.05, 0) is 51.4 Å². The standard InChI is InChI=1S/C15H28O3/c16-12-8-5-3-1-2-4-6-9-13-17-15-11-7-10-14-18-15/h1,3,15-16H,2,4-14H2/b3-1-. The van der Waals surface area contributed by atoms with Crippen molar-refractivity contribution in [2.45, 2.75) is 64.1 Å². The van der Waals surface area contributed by atoms with E-state index in [1.165, 1.54) is 25.7 Å². The van der Waals surface area contributed by atoms with E-state index in [1.54, 1.807) is 0 Å². The zero-order valence-electron chi connectivity index (χ0n) is 11.5. The highest BCUT2D eigenvalue weighted by atomic mass is 16.7. The van der Waals surface area contributed by atoms with Gasteiger partial charge in [0.15, 0.2) is 6.29 Å². The Morgan fingerprint density at radius 2 is 1.89 bits per heavy atom. The minimum absolute atomic E-state index is 0.0668. The van der Waals surface area contributed by atoms with Crippen LogP contribution in [0.1, 0.15) is 57.8 Å². The predicted molar refractivity (Wildman–Crippen MR) is 73.5 cm³/mol. The monoisotopic (exact) mass is 256 g/mol. The maximum Gasteiger partial charge on any atom is 0.157 e. The molecule has 1 aliphatic heterocycles. The van der Waals surface area contributed by atoms with Crippen molar-refractivity contribution in [3.63, 3.8) is 0 Å². The first kappa shape index (κ1) is 15.7. The normalized spacial score (nSPS) is 20.6. The Morgan fingerprint density at radius 3 is 2.61 bits per heavy atom. The van der Waals surface area contributed by atoms with Crippen LogP contribution in [0, 0.1) is 0 Å². The van der Waals surface area contributed by atoms with Gasteiger partial charge in [-0.25, -0.2) is 0 Å². The third-order valence-corrected chi connectivity index (χ3v) is 3.15. The van der Waals surface area contributed by atoms with E-state index in [1.807, 2.05) is 0 Å². The lowest BCUT2D eigenvalue weighted by Gasteiger charge is -2.22. The molecular weight excluding hydrogens is 228 g/mol. The number of allylic oxidation sites excluding steroid dienone is 2.